The molecular formula is C24H40O6. The standard InChI is InChI=1S/C24H40O6/c1-16(26-10)28-19-13-12-18(14-20(19)29-17(2)27-11)30-21(25)24(9,23(6,7)8)15-22(3,4)5/h12-14,16-17H,15H2,1-11H3. The molecule has 1 aromatic rings. The topological polar surface area (TPSA) is 63.2 Å². The minimum Gasteiger partial charge on any atom is -0.461 e. The number of esters is 1. The van der Waals surface area contributed by atoms with Gasteiger partial charge in [-0.3, -0.25) is 4.79 Å². The predicted molar refractivity (Wildman–Crippen MR) is 118 cm³/mol. The molecule has 6 heteroatoms. The Morgan fingerprint density at radius 1 is 0.867 bits per heavy atom. The highest BCUT2D eigenvalue weighted by Gasteiger charge is 2.48. The maximum absolute atomic E-state index is 13.3. The highest BCUT2D eigenvalue weighted by molar-refractivity contribution is 5.80. The lowest BCUT2D eigenvalue weighted by Gasteiger charge is -2.43. The summed E-state index contributed by atoms with van der Waals surface area (Å²) in [5.41, 5.74) is -0.985. The number of ether oxygens (including phenoxy) is 5. The van der Waals surface area contributed by atoms with Crippen molar-refractivity contribution in [2.24, 2.45) is 16.2 Å². The molecule has 3 unspecified atom stereocenters. The van der Waals surface area contributed by atoms with Crippen LogP contribution >= 0.6 is 0 Å². The molecule has 0 saturated carbocycles. The van der Waals surface area contributed by atoms with E-state index in [0.717, 1.165) is 0 Å². The second kappa shape index (κ2) is 10.0. The summed E-state index contributed by atoms with van der Waals surface area (Å²) in [6.45, 7) is 18.1. The minimum atomic E-state index is -0.675. The van der Waals surface area contributed by atoms with Crippen LogP contribution in [0.3, 0.4) is 0 Å². The third-order valence-corrected chi connectivity index (χ3v) is 5.37. The molecule has 0 radical (unpaired) electrons. The fourth-order valence-electron chi connectivity index (χ4n) is 3.12. The molecule has 1 aromatic carbocycles. The van der Waals surface area contributed by atoms with Crippen molar-refractivity contribution in [3.63, 3.8) is 0 Å². The first-order valence-electron chi connectivity index (χ1n) is 10.4. The van der Waals surface area contributed by atoms with Crippen molar-refractivity contribution < 1.29 is 28.5 Å². The Kier molecular flexibility index (Phi) is 8.76. The van der Waals surface area contributed by atoms with E-state index in [-0.39, 0.29) is 16.8 Å². The molecule has 1 rings (SSSR count). The Balaban J connectivity index is 3.24. The Morgan fingerprint density at radius 2 is 1.37 bits per heavy atom. The molecule has 6 nitrogen and oxygen atoms in total. The molecule has 0 amide bonds. The summed E-state index contributed by atoms with van der Waals surface area (Å²) >= 11 is 0. The maximum Gasteiger partial charge on any atom is 0.317 e. The van der Waals surface area contributed by atoms with E-state index in [4.69, 9.17) is 23.7 Å². The first kappa shape index (κ1) is 26.2. The summed E-state index contributed by atoms with van der Waals surface area (Å²) in [6, 6.07) is 5.04. The fourth-order valence-corrected chi connectivity index (χ4v) is 3.12. The quantitative estimate of drug-likeness (QED) is 0.283. The van der Waals surface area contributed by atoms with Gasteiger partial charge in [-0.1, -0.05) is 41.5 Å². The molecule has 0 aliphatic carbocycles. The van der Waals surface area contributed by atoms with Gasteiger partial charge in [0.25, 0.3) is 0 Å². The van der Waals surface area contributed by atoms with E-state index in [2.05, 4.69) is 41.5 Å². The second-order valence-corrected chi connectivity index (χ2v) is 10.2. The van der Waals surface area contributed by atoms with Gasteiger partial charge in [0.15, 0.2) is 24.1 Å². The molecular weight excluding hydrogens is 384 g/mol. The van der Waals surface area contributed by atoms with Crippen molar-refractivity contribution in [1.82, 2.24) is 0 Å². The van der Waals surface area contributed by atoms with Crippen LogP contribution in [-0.4, -0.2) is 32.8 Å². The van der Waals surface area contributed by atoms with E-state index < -0.39 is 18.0 Å². The highest BCUT2D eigenvalue weighted by atomic mass is 16.7. The van der Waals surface area contributed by atoms with E-state index in [1.807, 2.05) is 6.92 Å². The van der Waals surface area contributed by atoms with Crippen molar-refractivity contribution in [3.8, 4) is 17.2 Å². The lowest BCUT2D eigenvalue weighted by atomic mass is 9.61. The molecule has 0 aliphatic heterocycles. The summed E-state index contributed by atoms with van der Waals surface area (Å²) in [5, 5.41) is 0. The predicted octanol–water partition coefficient (Wildman–Crippen LogP) is 5.82. The van der Waals surface area contributed by atoms with Gasteiger partial charge >= 0.3 is 5.97 Å². The minimum absolute atomic E-state index is 0.0305. The van der Waals surface area contributed by atoms with Crippen LogP contribution in [-0.2, 0) is 14.3 Å². The van der Waals surface area contributed by atoms with Crippen LogP contribution < -0.4 is 14.2 Å². The number of rotatable bonds is 9. The van der Waals surface area contributed by atoms with E-state index in [0.29, 0.717) is 23.7 Å². The van der Waals surface area contributed by atoms with Crippen molar-refractivity contribution in [2.45, 2.75) is 81.3 Å². The Labute approximate surface area is 182 Å². The van der Waals surface area contributed by atoms with Crippen LogP contribution in [0.15, 0.2) is 18.2 Å². The molecule has 0 bridgehead atoms. The zero-order valence-corrected chi connectivity index (χ0v) is 20.5. The summed E-state index contributed by atoms with van der Waals surface area (Å²) < 4.78 is 27.8. The number of carbonyl (C=O) groups is 1. The second-order valence-electron chi connectivity index (χ2n) is 10.2. The van der Waals surface area contributed by atoms with Crippen LogP contribution in [0.25, 0.3) is 0 Å². The summed E-state index contributed by atoms with van der Waals surface area (Å²) in [4.78, 5) is 13.3. The van der Waals surface area contributed by atoms with Gasteiger partial charge in [0.2, 0.25) is 0 Å². The first-order valence-corrected chi connectivity index (χ1v) is 10.4. The van der Waals surface area contributed by atoms with Gasteiger partial charge < -0.3 is 23.7 Å². The van der Waals surface area contributed by atoms with Crippen molar-refractivity contribution >= 4 is 5.97 Å². The molecule has 0 spiro atoms. The normalized spacial score (nSPS) is 16.4. The molecule has 172 valence electrons. The van der Waals surface area contributed by atoms with Crippen LogP contribution in [0.2, 0.25) is 0 Å². The molecule has 0 saturated heterocycles. The molecule has 0 aliphatic rings. The summed E-state index contributed by atoms with van der Waals surface area (Å²) in [7, 11) is 3.11. The number of benzene rings is 1. The maximum atomic E-state index is 13.3. The fraction of sp³-hybridized carbons (Fsp3) is 0.708. The van der Waals surface area contributed by atoms with Crippen molar-refractivity contribution in [2.75, 3.05) is 14.2 Å². The zero-order chi connectivity index (χ0) is 23.3. The Morgan fingerprint density at radius 3 is 1.80 bits per heavy atom. The zero-order valence-electron chi connectivity index (χ0n) is 20.5. The van der Waals surface area contributed by atoms with E-state index >= 15 is 0 Å². The van der Waals surface area contributed by atoms with Gasteiger partial charge in [-0.25, -0.2) is 0 Å². The van der Waals surface area contributed by atoms with Crippen molar-refractivity contribution in [3.05, 3.63) is 18.2 Å². The van der Waals surface area contributed by atoms with Gasteiger partial charge in [-0.05, 0) is 50.2 Å². The molecule has 0 N–H and O–H groups in total. The Bertz CT molecular complexity index is 701. The third kappa shape index (κ3) is 7.17. The summed E-state index contributed by atoms with van der Waals surface area (Å²) in [5.74, 6) is 1.00. The van der Waals surface area contributed by atoms with Crippen LogP contribution in [0.1, 0.15) is 68.7 Å². The van der Waals surface area contributed by atoms with E-state index in [9.17, 15) is 4.79 Å². The van der Waals surface area contributed by atoms with Gasteiger partial charge in [0.05, 0.1) is 5.41 Å². The van der Waals surface area contributed by atoms with Crippen LogP contribution in [0, 0.1) is 16.2 Å². The molecule has 3 atom stereocenters. The van der Waals surface area contributed by atoms with E-state index in [1.165, 1.54) is 0 Å². The van der Waals surface area contributed by atoms with Crippen LogP contribution in [0.4, 0.5) is 0 Å². The lowest BCUT2D eigenvalue weighted by molar-refractivity contribution is -0.154. The first-order chi connectivity index (χ1) is 13.6. The van der Waals surface area contributed by atoms with Gasteiger partial charge in [-0.15, -0.1) is 0 Å². The molecule has 30 heavy (non-hydrogen) atoms. The average Bonchev–Trinajstić information content (AvgIpc) is 2.60. The smallest absolute Gasteiger partial charge is 0.317 e. The number of hydrogen-bond donors (Lipinski definition) is 0. The van der Waals surface area contributed by atoms with E-state index in [1.54, 1.807) is 46.3 Å². The largest absolute Gasteiger partial charge is 0.461 e. The van der Waals surface area contributed by atoms with Gasteiger partial charge in [-0.2, -0.15) is 0 Å². The van der Waals surface area contributed by atoms with Crippen LogP contribution in [0.5, 0.6) is 17.2 Å². The Hall–Kier alpha value is -1.79. The number of methoxy groups -OCH3 is 2. The highest BCUT2D eigenvalue weighted by Crippen LogP contribution is 2.47. The van der Waals surface area contributed by atoms with Gasteiger partial charge in [0, 0.05) is 20.3 Å². The molecule has 0 aromatic heterocycles. The SMILES string of the molecule is COC(C)Oc1ccc(OC(=O)C(C)(CC(C)(C)C)C(C)(C)C)cc1OC(C)OC. The molecule has 0 heterocycles. The van der Waals surface area contributed by atoms with Crippen molar-refractivity contribution in [1.29, 1.82) is 0 Å². The number of carbonyl (C=O) groups excluding carboxylic acids is 1. The number of hydrogen-bond acceptors (Lipinski definition) is 6. The van der Waals surface area contributed by atoms with Gasteiger partial charge in [0.1, 0.15) is 5.75 Å². The average molecular weight is 425 g/mol. The summed E-state index contributed by atoms with van der Waals surface area (Å²) in [6.07, 6.45) is -0.273. The molecule has 0 fully saturated rings. The monoisotopic (exact) mass is 424 g/mol. The lowest BCUT2D eigenvalue weighted by Crippen LogP contribution is -2.45. The third-order valence-electron chi connectivity index (χ3n) is 5.37.